The van der Waals surface area contributed by atoms with Crippen LogP contribution in [-0.4, -0.2) is 224 Å². The number of nitrogens with zero attached hydrogens (tertiary/aromatic N) is 16. The number of thiol groups is 2. The number of aromatic amines is 3. The number of aromatic nitrogens is 17. The molecule has 2 aromatic carbocycles. The van der Waals surface area contributed by atoms with Crippen LogP contribution in [-0.2, 0) is 88.8 Å². The number of carbonyl (C=O) groups excluding carboxylic acids is 6. The predicted molar refractivity (Wildman–Crippen MR) is 478 cm³/mol. The molecule has 11 aromatic rings. The van der Waals surface area contributed by atoms with Gasteiger partial charge in [-0.05, 0) is 54.3 Å². The van der Waals surface area contributed by atoms with Gasteiger partial charge in [0.25, 0.3) is 22.9 Å². The fourth-order valence-corrected chi connectivity index (χ4v) is 17.8. The molecule has 4 aliphatic heterocycles. The molecule has 0 bridgehead atoms. The Balaban J connectivity index is 0.000000253. The van der Waals surface area contributed by atoms with E-state index >= 15 is 17.6 Å². The third kappa shape index (κ3) is 24.2. The zero-order chi connectivity index (χ0) is 92.8. The molecule has 13 heterocycles. The highest BCUT2D eigenvalue weighted by Crippen LogP contribution is 2.57. The fourth-order valence-electron chi connectivity index (χ4n) is 13.4. The number of alkyl halides is 4. The lowest BCUT2D eigenvalue weighted by atomic mass is 10.1. The lowest BCUT2D eigenvalue weighted by molar-refractivity contribution is -0.378. The van der Waals surface area contributed by atoms with Gasteiger partial charge in [-0.25, -0.2) is 72.0 Å². The van der Waals surface area contributed by atoms with E-state index in [1.807, 2.05) is 42.7 Å². The van der Waals surface area contributed by atoms with Gasteiger partial charge in [0.15, 0.2) is 130 Å². The van der Waals surface area contributed by atoms with Gasteiger partial charge in [0.2, 0.25) is 23.7 Å². The van der Waals surface area contributed by atoms with E-state index in [4.69, 9.17) is 79.2 Å². The van der Waals surface area contributed by atoms with Crippen molar-refractivity contribution in [1.82, 2.24) is 84.2 Å². The van der Waals surface area contributed by atoms with Crippen molar-refractivity contribution in [2.45, 2.75) is 167 Å². The first-order valence-corrected chi connectivity index (χ1v) is 45.4. The van der Waals surface area contributed by atoms with Gasteiger partial charge in [-0.1, -0.05) is 117 Å². The number of nitrogens with one attached hydrogen (secondary N) is 7. The van der Waals surface area contributed by atoms with E-state index in [1.54, 1.807) is 95.3 Å². The highest BCUT2D eigenvalue weighted by molar-refractivity contribution is 8.08. The summed E-state index contributed by atoms with van der Waals surface area (Å²) in [4.78, 5) is 150. The third-order valence-corrected chi connectivity index (χ3v) is 24.6. The summed E-state index contributed by atoms with van der Waals surface area (Å²) in [5, 5.41) is 36.5. The number of ether oxygens (including phenoxy) is 6. The Labute approximate surface area is 773 Å². The summed E-state index contributed by atoms with van der Waals surface area (Å²) in [5.74, 6) is -3.23. The normalized spacial score (nSPS) is 23.2. The summed E-state index contributed by atoms with van der Waals surface area (Å²) >= 11 is 18.8. The summed E-state index contributed by atoms with van der Waals surface area (Å²) in [5.41, 5.74) is -1.18. The van der Waals surface area contributed by atoms with E-state index in [0.717, 1.165) is 23.5 Å². The first-order valence-electron chi connectivity index (χ1n) is 39.4. The number of imidazole rings is 4. The molecule has 15 rings (SSSR count). The molecule has 4 aliphatic rings. The number of aliphatic hydroxyl groups excluding tert-OH is 1. The molecule has 11 N–H and O–H groups in total. The van der Waals surface area contributed by atoms with Crippen LogP contribution >= 0.6 is 38.7 Å². The molecule has 0 aliphatic carbocycles. The second-order valence-electron chi connectivity index (χ2n) is 29.0. The van der Waals surface area contributed by atoms with Crippen LogP contribution < -0.4 is 43.5 Å². The van der Waals surface area contributed by atoms with Crippen molar-refractivity contribution in [3.05, 3.63) is 161 Å². The molecule has 45 nitrogen and oxygen atoms in total. The zero-order valence-corrected chi connectivity index (χ0v) is 74.5. The number of nitriles is 2. The first-order chi connectivity index (χ1) is 62.4. The summed E-state index contributed by atoms with van der Waals surface area (Å²) in [6.07, 6.45) is -16.1. The number of hydrogen-bond donors (Lipinski definition) is 10. The Kier molecular flexibility index (Phi) is 36.1. The Morgan fingerprint density at radius 3 is 1.24 bits per heavy atom. The quantitative estimate of drug-likeness (QED) is 0.00616. The average Bonchev–Trinajstić information content (AvgIpc) is 1.62. The van der Waals surface area contributed by atoms with Crippen molar-refractivity contribution in [3.63, 3.8) is 0 Å². The number of aliphatic hydroxyl groups is 1. The predicted octanol–water partition coefficient (Wildman–Crippen LogP) is 9.87. The number of amides is 4. The summed E-state index contributed by atoms with van der Waals surface area (Å²) in [6, 6.07) is 26.2. The van der Waals surface area contributed by atoms with Gasteiger partial charge < -0.3 is 68.4 Å². The van der Waals surface area contributed by atoms with Crippen LogP contribution in [0.1, 0.15) is 114 Å². The third-order valence-electron chi connectivity index (χ3n) is 19.7. The van der Waals surface area contributed by atoms with Crippen LogP contribution in [0, 0.1) is 34.5 Å². The number of anilines is 4. The Bertz CT molecular complexity index is 5850. The van der Waals surface area contributed by atoms with E-state index in [0.29, 0.717) is 11.1 Å². The SMILES string of the molecule is C.C.CC(C)C(=O)Nc1nc2c(ncn2[C@@H]2O[C@H](CO)[C@@H](F)[C@H]2OP(=S)(OCCC#N)OC[C@H]2O[C@@H](n3cnc4c(NC(=O)c5ccccc5)ncnc43)[C@@H](F)[C@@H]2OC(=O)S)c(=O)[nH]1.CC[C@H]1O[C@@H](n2cnc3c(=O)[nH]c(NC(=O)C(C)C)nc32)[C@H](OP(=S)(OCCC#N)OC[C@H]2O[C@@H](n3cnc4c(NC(=O)c5ccccc5)ncnc43)[C@@H](F)[C@@H]2OC(=O)S)[C@@H]1F.N.c1cc[nH+]cc1. The van der Waals surface area contributed by atoms with Gasteiger partial charge in [-0.3, -0.25) is 76.7 Å². The second kappa shape index (κ2) is 46.4. The molecule has 55 heteroatoms. The number of fused-ring (bicyclic) bond motifs is 4. The minimum atomic E-state index is -4.26. The maximum atomic E-state index is 16.4. The monoisotopic (exact) mass is 1970 g/mol. The zero-order valence-electron chi connectivity index (χ0n) is 69.3. The van der Waals surface area contributed by atoms with Crippen molar-refractivity contribution < 1.29 is 112 Å². The Hall–Kier alpha value is -11.6. The molecular weight excluding hydrogens is 1880 g/mol. The van der Waals surface area contributed by atoms with Crippen LogP contribution in [0.3, 0.4) is 0 Å². The molecule has 18 atom stereocenters. The highest BCUT2D eigenvalue weighted by atomic mass is 32.5. The average molecular weight is 1970 g/mol. The van der Waals surface area contributed by atoms with E-state index in [2.05, 4.69) is 111 Å². The summed E-state index contributed by atoms with van der Waals surface area (Å²) in [7, 11) is 0. The lowest BCUT2D eigenvalue weighted by Crippen LogP contribution is -2.36. The van der Waals surface area contributed by atoms with Crippen LogP contribution in [0.25, 0.3) is 44.7 Å². The molecule has 0 saturated carbocycles. The molecule has 4 fully saturated rings. The molecular formula is C78H91F4N24O21P2S4+. The number of halogens is 4. The largest absolute Gasteiger partial charge is 0.448 e. The summed E-state index contributed by atoms with van der Waals surface area (Å²) in [6.45, 7) is -3.17. The van der Waals surface area contributed by atoms with Gasteiger partial charge in [-0.15, -0.1) is 0 Å². The molecule has 0 radical (unpaired) electrons. The van der Waals surface area contributed by atoms with Gasteiger partial charge in [-0.2, -0.15) is 20.5 Å². The van der Waals surface area contributed by atoms with Gasteiger partial charge in [0.1, 0.15) is 43.2 Å². The maximum absolute atomic E-state index is 16.4. The second-order valence-corrected chi connectivity index (χ2v) is 35.7. The number of carbonyl (C=O) groups is 6. The smallest absolute Gasteiger partial charge is 0.364 e. The van der Waals surface area contributed by atoms with E-state index < -0.39 is 189 Å². The van der Waals surface area contributed by atoms with Crippen molar-refractivity contribution in [2.75, 3.05) is 54.3 Å². The van der Waals surface area contributed by atoms with Gasteiger partial charge >= 0.3 is 24.0 Å². The minimum Gasteiger partial charge on any atom is -0.448 e. The number of benzene rings is 2. The number of rotatable bonds is 32. The van der Waals surface area contributed by atoms with E-state index in [9.17, 15) is 54.0 Å². The van der Waals surface area contributed by atoms with Gasteiger partial charge in [0, 0.05) is 35.1 Å². The number of hydrogen-bond acceptors (Lipinski definition) is 36. The molecule has 0 spiro atoms. The van der Waals surface area contributed by atoms with Crippen LogP contribution in [0.15, 0.2) is 139 Å². The van der Waals surface area contributed by atoms with Crippen molar-refractivity contribution in [3.8, 4) is 12.1 Å². The van der Waals surface area contributed by atoms with Crippen molar-refractivity contribution >= 4 is 165 Å². The first kappa shape index (κ1) is 104. The number of pyridine rings is 1. The van der Waals surface area contributed by atoms with Crippen molar-refractivity contribution in [1.29, 1.82) is 10.5 Å². The van der Waals surface area contributed by atoms with E-state index in [-0.39, 0.29) is 122 Å². The molecule has 710 valence electrons. The van der Waals surface area contributed by atoms with Crippen molar-refractivity contribution in [2.24, 2.45) is 11.8 Å². The van der Waals surface area contributed by atoms with Crippen LogP contribution in [0.5, 0.6) is 0 Å². The Morgan fingerprint density at radius 1 is 0.519 bits per heavy atom. The molecule has 4 amide bonds. The number of H-pyrrole nitrogens is 3. The lowest BCUT2D eigenvalue weighted by Gasteiger charge is -2.29. The Morgan fingerprint density at radius 2 is 0.887 bits per heavy atom. The standard InChI is InChI=1S/C36H38F2N11O10PS2.C35H36F2N11O11PS2.C5H5N.2CH4.H3N/c1-4-19-21(37)26(34(56-19)49-16-43-24-29(49)45-35(47-32(24)52)46-30(50)17(2)3)59-60(62,54-12-8-11-39)55-13-20-25(58-36(53)61)22(38)33(57-20)48-15-42-23-27(40-14-41-28(23)48)44-31(51)18-9-6-5-7-10-18;1-16(2)29(50)45-34-44-28-23(31(52)46-34)42-15-48(28)33-25(20(36)18(11-49)56-33)59-60(62,54-10-6-9-38)55-12-19-24(58-35(53)61)21(37)32(57-19)47-14-41-22-26(39-13-40-27(22)47)43-30(51)17-7-4-3-5-8-17;1-2-4-6-5-3-1;;;/h5-7,9-10,14-17,19-22,25-26,33-34H,4,8,12-13H2,1-3H3,(H,53,61)(H,40,41,44,51)(H2,45,46,47,50,52);3-5,7-8,13-16,18-21,24-25,32-33,49H,6,10-12H2,1-2H3,(H,53,61)(H,39,40,43,51)(H2,44,45,46,50,52);1-5H;2*1H4;1H3/p+1/t19-,20-,21-,22+,25-,26-,33-,34-,60?;18-,19-,20-,21+,24-,25-,32-,33-,60?;;;;/m11..../s1. The molecule has 133 heavy (non-hydrogen) atoms. The minimum absolute atomic E-state index is 0. The maximum Gasteiger partial charge on any atom is 0.364 e. The van der Waals surface area contributed by atoms with E-state index in [1.165, 1.54) is 32.7 Å². The highest BCUT2D eigenvalue weighted by Gasteiger charge is 2.55. The van der Waals surface area contributed by atoms with Gasteiger partial charge in [0.05, 0.1) is 89.4 Å². The summed E-state index contributed by atoms with van der Waals surface area (Å²) < 4.78 is 140. The van der Waals surface area contributed by atoms with Crippen LogP contribution in [0.2, 0.25) is 0 Å². The molecule has 9 aromatic heterocycles. The van der Waals surface area contributed by atoms with Crippen LogP contribution in [0.4, 0.5) is 50.7 Å². The molecule has 2 unspecified atom stereocenters. The topological polar surface area (TPSA) is 593 Å². The fraction of sp³-hybridized carbons (Fsp3) is 0.423. The molecule has 4 saturated heterocycles.